The second kappa shape index (κ2) is 9.16. The molecule has 1 unspecified atom stereocenters. The van der Waals surface area contributed by atoms with Crippen molar-refractivity contribution < 1.29 is 14.3 Å². The second-order valence-electron chi connectivity index (χ2n) is 9.98. The zero-order valence-corrected chi connectivity index (χ0v) is 20.1. The highest BCUT2D eigenvalue weighted by molar-refractivity contribution is 6.02. The maximum atomic E-state index is 13.8. The van der Waals surface area contributed by atoms with Gasteiger partial charge in [0, 0.05) is 36.0 Å². The zero-order chi connectivity index (χ0) is 23.8. The van der Waals surface area contributed by atoms with Crippen LogP contribution in [0, 0.1) is 5.41 Å². The summed E-state index contributed by atoms with van der Waals surface area (Å²) in [6, 6.07) is 8.99. The molecule has 2 aliphatic rings. The van der Waals surface area contributed by atoms with Crippen LogP contribution < -0.4 is 10.3 Å². The number of fused-ring (bicyclic) bond motifs is 1. The van der Waals surface area contributed by atoms with Crippen LogP contribution in [0.1, 0.15) is 86.2 Å². The SMILES string of the molecule is CCOc1ccc(-n2c3c(cc(C(=O)N4CCCCC4CC)c2=O)C(=O)CC(C)(C)C3)cc1. The lowest BCUT2D eigenvalue weighted by Crippen LogP contribution is -2.46. The topological polar surface area (TPSA) is 68.6 Å². The van der Waals surface area contributed by atoms with Gasteiger partial charge in [0.2, 0.25) is 0 Å². The van der Waals surface area contributed by atoms with Gasteiger partial charge < -0.3 is 9.64 Å². The zero-order valence-electron chi connectivity index (χ0n) is 20.1. The molecule has 4 rings (SSSR count). The van der Waals surface area contributed by atoms with Crippen molar-refractivity contribution in [3.05, 3.63) is 57.5 Å². The summed E-state index contributed by atoms with van der Waals surface area (Å²) in [6.45, 7) is 9.28. The minimum atomic E-state index is -0.353. The fourth-order valence-corrected chi connectivity index (χ4v) is 5.25. The van der Waals surface area contributed by atoms with Crippen molar-refractivity contribution in [2.75, 3.05) is 13.2 Å². The van der Waals surface area contributed by atoms with E-state index in [1.165, 1.54) is 0 Å². The average Bonchev–Trinajstić information content (AvgIpc) is 2.78. The Balaban J connectivity index is 1.89. The van der Waals surface area contributed by atoms with Crippen molar-refractivity contribution in [3.63, 3.8) is 0 Å². The summed E-state index contributed by atoms with van der Waals surface area (Å²) >= 11 is 0. The van der Waals surface area contributed by atoms with Gasteiger partial charge in [-0.1, -0.05) is 20.8 Å². The van der Waals surface area contributed by atoms with E-state index in [0.717, 1.165) is 25.7 Å². The molecule has 1 aromatic heterocycles. The summed E-state index contributed by atoms with van der Waals surface area (Å²) in [5.74, 6) is 0.443. The Morgan fingerprint density at radius 1 is 1.09 bits per heavy atom. The number of carbonyl (C=O) groups is 2. The van der Waals surface area contributed by atoms with E-state index in [9.17, 15) is 14.4 Å². The van der Waals surface area contributed by atoms with Crippen molar-refractivity contribution >= 4 is 11.7 Å². The van der Waals surface area contributed by atoms with Gasteiger partial charge in [-0.05, 0) is 74.8 Å². The maximum absolute atomic E-state index is 13.8. The summed E-state index contributed by atoms with van der Waals surface area (Å²) in [6.07, 6.45) is 4.83. The summed E-state index contributed by atoms with van der Waals surface area (Å²) in [4.78, 5) is 42.4. The van der Waals surface area contributed by atoms with Crippen LogP contribution in [0.25, 0.3) is 5.69 Å². The van der Waals surface area contributed by atoms with Crippen LogP contribution in [0.5, 0.6) is 5.75 Å². The fourth-order valence-electron chi connectivity index (χ4n) is 5.25. The molecule has 1 fully saturated rings. The van der Waals surface area contributed by atoms with E-state index in [0.29, 0.717) is 48.7 Å². The third-order valence-electron chi connectivity index (χ3n) is 6.88. The Kier molecular flexibility index (Phi) is 6.46. The van der Waals surface area contributed by atoms with E-state index in [-0.39, 0.29) is 34.3 Å². The molecular formula is C27H34N2O4. The van der Waals surface area contributed by atoms with E-state index in [2.05, 4.69) is 6.92 Å². The number of ketones is 1. The Hall–Kier alpha value is -2.89. The molecule has 0 radical (unpaired) electrons. The predicted octanol–water partition coefficient (Wildman–Crippen LogP) is 4.80. The lowest BCUT2D eigenvalue weighted by Gasteiger charge is -2.36. The molecule has 0 bridgehead atoms. The smallest absolute Gasteiger partial charge is 0.268 e. The van der Waals surface area contributed by atoms with Crippen LogP contribution in [0.15, 0.2) is 35.1 Å². The molecule has 33 heavy (non-hydrogen) atoms. The number of hydrogen-bond acceptors (Lipinski definition) is 4. The van der Waals surface area contributed by atoms with E-state index < -0.39 is 0 Å². The number of likely N-dealkylation sites (tertiary alicyclic amines) is 1. The standard InChI is InChI=1S/C27H34N2O4/c1-5-18-9-7-8-14-28(18)25(31)22-15-21-23(16-27(3,4)17-24(21)30)29(26(22)32)19-10-12-20(13-11-19)33-6-2/h10-13,15,18H,5-9,14,16-17H2,1-4H3. The van der Waals surface area contributed by atoms with Crippen LogP contribution in [-0.2, 0) is 6.42 Å². The number of carbonyl (C=O) groups excluding carboxylic acids is 2. The van der Waals surface area contributed by atoms with Crippen LogP contribution in [-0.4, -0.2) is 40.4 Å². The quantitative estimate of drug-likeness (QED) is 0.656. The van der Waals surface area contributed by atoms with Gasteiger partial charge in [0.05, 0.1) is 6.61 Å². The summed E-state index contributed by atoms with van der Waals surface area (Å²) in [5, 5.41) is 0. The van der Waals surface area contributed by atoms with Crippen molar-refractivity contribution in [1.82, 2.24) is 9.47 Å². The number of benzene rings is 1. The van der Waals surface area contributed by atoms with E-state index in [1.54, 1.807) is 10.6 Å². The highest BCUT2D eigenvalue weighted by Gasteiger charge is 2.36. The number of rotatable bonds is 5. The first-order chi connectivity index (χ1) is 15.8. The molecule has 1 aliphatic carbocycles. The Morgan fingerprint density at radius 2 is 1.82 bits per heavy atom. The van der Waals surface area contributed by atoms with Crippen LogP contribution >= 0.6 is 0 Å². The van der Waals surface area contributed by atoms with Gasteiger partial charge in [-0.25, -0.2) is 0 Å². The average molecular weight is 451 g/mol. The third-order valence-corrected chi connectivity index (χ3v) is 6.88. The molecule has 2 heterocycles. The number of pyridine rings is 1. The van der Waals surface area contributed by atoms with Gasteiger partial charge in [0.15, 0.2) is 5.78 Å². The molecule has 6 nitrogen and oxygen atoms in total. The van der Waals surface area contributed by atoms with Crippen molar-refractivity contribution in [3.8, 4) is 11.4 Å². The molecule has 1 aliphatic heterocycles. The van der Waals surface area contributed by atoms with Gasteiger partial charge in [0.25, 0.3) is 11.5 Å². The summed E-state index contributed by atoms with van der Waals surface area (Å²) < 4.78 is 7.14. The molecule has 176 valence electrons. The molecular weight excluding hydrogens is 416 g/mol. The number of Topliss-reactive ketones (excluding diaryl/α,β-unsaturated/α-hetero) is 1. The van der Waals surface area contributed by atoms with Crippen molar-refractivity contribution in [1.29, 1.82) is 0 Å². The Bertz CT molecular complexity index is 1110. The first kappa shape index (κ1) is 23.3. The van der Waals surface area contributed by atoms with Gasteiger partial charge in [0.1, 0.15) is 11.3 Å². The van der Waals surface area contributed by atoms with Gasteiger partial charge >= 0.3 is 0 Å². The summed E-state index contributed by atoms with van der Waals surface area (Å²) in [5.41, 5.74) is 1.31. The fraction of sp³-hybridized carbons (Fsp3) is 0.519. The van der Waals surface area contributed by atoms with Crippen molar-refractivity contribution in [2.24, 2.45) is 5.41 Å². The molecule has 0 saturated carbocycles. The van der Waals surface area contributed by atoms with Crippen LogP contribution in [0.4, 0.5) is 0 Å². The maximum Gasteiger partial charge on any atom is 0.268 e. The molecule has 1 saturated heterocycles. The first-order valence-corrected chi connectivity index (χ1v) is 12.1. The van der Waals surface area contributed by atoms with Crippen LogP contribution in [0.2, 0.25) is 0 Å². The molecule has 2 aromatic rings. The minimum absolute atomic E-state index is 0.0133. The summed E-state index contributed by atoms with van der Waals surface area (Å²) in [7, 11) is 0. The van der Waals surface area contributed by atoms with Gasteiger partial charge in [-0.15, -0.1) is 0 Å². The first-order valence-electron chi connectivity index (χ1n) is 12.1. The molecule has 0 N–H and O–H groups in total. The largest absolute Gasteiger partial charge is 0.494 e. The number of aromatic nitrogens is 1. The lowest BCUT2D eigenvalue weighted by atomic mass is 9.75. The third kappa shape index (κ3) is 4.48. The van der Waals surface area contributed by atoms with E-state index in [1.807, 2.05) is 49.9 Å². The monoisotopic (exact) mass is 450 g/mol. The molecule has 1 amide bonds. The predicted molar refractivity (Wildman–Crippen MR) is 129 cm³/mol. The molecule has 6 heteroatoms. The van der Waals surface area contributed by atoms with E-state index in [4.69, 9.17) is 4.74 Å². The molecule has 1 atom stereocenters. The minimum Gasteiger partial charge on any atom is -0.494 e. The highest BCUT2D eigenvalue weighted by atomic mass is 16.5. The second-order valence-corrected chi connectivity index (χ2v) is 9.98. The molecule has 0 spiro atoms. The van der Waals surface area contributed by atoms with E-state index >= 15 is 0 Å². The number of ether oxygens (including phenoxy) is 1. The van der Waals surface area contributed by atoms with Crippen LogP contribution in [0.3, 0.4) is 0 Å². The van der Waals surface area contributed by atoms with Crippen molar-refractivity contribution in [2.45, 2.75) is 72.3 Å². The number of nitrogens with zero attached hydrogens (tertiary/aromatic N) is 2. The van der Waals surface area contributed by atoms with Gasteiger partial charge in [-0.3, -0.25) is 19.0 Å². The molecule has 1 aromatic carbocycles. The number of piperidine rings is 1. The Morgan fingerprint density at radius 3 is 2.48 bits per heavy atom. The Labute approximate surface area is 195 Å². The highest BCUT2D eigenvalue weighted by Crippen LogP contribution is 2.36. The lowest BCUT2D eigenvalue weighted by molar-refractivity contribution is 0.0605. The van der Waals surface area contributed by atoms with Gasteiger partial charge in [-0.2, -0.15) is 0 Å². The number of hydrogen-bond donors (Lipinski definition) is 0. The number of amides is 1. The normalized spacial score (nSPS) is 19.8.